The van der Waals surface area contributed by atoms with Crippen molar-refractivity contribution in [2.45, 2.75) is 0 Å². The van der Waals surface area contributed by atoms with Gasteiger partial charge in [-0.3, -0.25) is 14.9 Å². The van der Waals surface area contributed by atoms with Crippen molar-refractivity contribution in [2.24, 2.45) is 0 Å². The molecule has 0 saturated carbocycles. The Labute approximate surface area is 135 Å². The van der Waals surface area contributed by atoms with Crippen LogP contribution in [0.15, 0.2) is 65.5 Å². The second-order valence-corrected chi connectivity index (χ2v) is 5.51. The van der Waals surface area contributed by atoms with E-state index in [4.69, 9.17) is 0 Å². The first kappa shape index (κ1) is 14.9. The second kappa shape index (κ2) is 6.37. The number of nitrogens with zero attached hydrogens (tertiary/aromatic N) is 2. The number of carbonyl (C=O) groups is 2. The first-order valence-electron chi connectivity index (χ1n) is 6.71. The van der Waals surface area contributed by atoms with Crippen LogP contribution in [0.4, 0.5) is 5.13 Å². The summed E-state index contributed by atoms with van der Waals surface area (Å²) in [7, 11) is 0. The smallest absolute Gasteiger partial charge is 0.297 e. The predicted molar refractivity (Wildman–Crippen MR) is 86.9 cm³/mol. The van der Waals surface area contributed by atoms with Crippen molar-refractivity contribution in [3.8, 4) is 0 Å². The average molecular weight is 325 g/mol. The Morgan fingerprint density at radius 3 is 2.09 bits per heavy atom. The summed E-state index contributed by atoms with van der Waals surface area (Å²) in [4.78, 5) is 39.8. The zero-order valence-electron chi connectivity index (χ0n) is 11.8. The Hall–Kier alpha value is -3.06. The number of hydrogen-bond acceptors (Lipinski definition) is 5. The lowest BCUT2D eigenvalue weighted by molar-refractivity contribution is 0.0966. The lowest BCUT2D eigenvalue weighted by Gasteiger charge is -2.00. The topological polar surface area (TPSA) is 81.1 Å². The molecule has 0 fully saturated rings. The van der Waals surface area contributed by atoms with Crippen LogP contribution in [0.5, 0.6) is 0 Å². The van der Waals surface area contributed by atoms with E-state index < -0.39 is 17.5 Å². The first-order valence-corrected chi connectivity index (χ1v) is 7.49. The largest absolute Gasteiger partial charge is 0.367 e. The molecule has 7 heteroatoms. The normalized spacial score (nSPS) is 10.3. The molecule has 6 nitrogen and oxygen atoms in total. The molecule has 3 aromatic rings. The highest BCUT2D eigenvalue weighted by Gasteiger charge is 2.16. The number of rotatable bonds is 3. The Balaban J connectivity index is 1.83. The van der Waals surface area contributed by atoms with Crippen molar-refractivity contribution in [2.75, 3.05) is 5.32 Å². The summed E-state index contributed by atoms with van der Waals surface area (Å²) < 4.78 is 0.913. The van der Waals surface area contributed by atoms with Gasteiger partial charge in [-0.05, 0) is 35.8 Å². The molecule has 1 aromatic heterocycles. The summed E-state index contributed by atoms with van der Waals surface area (Å²) in [6, 6.07) is 16.9. The molecule has 0 radical (unpaired) electrons. The fraction of sp³-hybridized carbons (Fsp3) is 0. The van der Waals surface area contributed by atoms with E-state index in [1.807, 2.05) is 0 Å². The van der Waals surface area contributed by atoms with Crippen LogP contribution in [0.2, 0.25) is 0 Å². The highest BCUT2D eigenvalue weighted by molar-refractivity contribution is 7.11. The third-order valence-electron chi connectivity index (χ3n) is 3.01. The van der Waals surface area contributed by atoms with Crippen LogP contribution >= 0.6 is 11.5 Å². The molecule has 0 atom stereocenters. The molecule has 1 heterocycles. The van der Waals surface area contributed by atoms with E-state index in [1.54, 1.807) is 60.7 Å². The van der Waals surface area contributed by atoms with Gasteiger partial charge in [0.2, 0.25) is 5.13 Å². The van der Waals surface area contributed by atoms with Crippen molar-refractivity contribution in [3.05, 3.63) is 82.3 Å². The molecule has 3 rings (SSSR count). The summed E-state index contributed by atoms with van der Waals surface area (Å²) in [5.74, 6) is -0.869. The van der Waals surface area contributed by atoms with Crippen molar-refractivity contribution >= 4 is 28.5 Å². The average Bonchev–Trinajstić information content (AvgIpc) is 2.96. The van der Waals surface area contributed by atoms with Crippen LogP contribution in [0.25, 0.3) is 0 Å². The quantitative estimate of drug-likeness (QED) is 0.801. The number of nitrogens with one attached hydrogen (secondary N) is 1. The van der Waals surface area contributed by atoms with E-state index in [2.05, 4.69) is 10.3 Å². The van der Waals surface area contributed by atoms with Crippen molar-refractivity contribution in [1.29, 1.82) is 0 Å². The van der Waals surface area contributed by atoms with Gasteiger partial charge in [0.05, 0.1) is 0 Å². The van der Waals surface area contributed by atoms with E-state index in [1.165, 1.54) is 0 Å². The number of carbonyl (C=O) groups excluding carboxylic acids is 2. The van der Waals surface area contributed by atoms with Gasteiger partial charge in [0.15, 0.2) is 0 Å². The Kier molecular flexibility index (Phi) is 4.11. The minimum Gasteiger partial charge on any atom is -0.297 e. The number of hydrogen-bond donors (Lipinski definition) is 1. The van der Waals surface area contributed by atoms with Crippen molar-refractivity contribution in [3.63, 3.8) is 0 Å². The van der Waals surface area contributed by atoms with Crippen LogP contribution in [-0.4, -0.2) is 20.8 Å². The maximum absolute atomic E-state index is 12.3. The number of benzene rings is 2. The molecule has 0 aliphatic heterocycles. The summed E-state index contributed by atoms with van der Waals surface area (Å²) >= 11 is 0.797. The maximum atomic E-state index is 12.3. The third kappa shape index (κ3) is 3.24. The van der Waals surface area contributed by atoms with Gasteiger partial charge in [0, 0.05) is 11.1 Å². The molecule has 2 aromatic carbocycles. The van der Waals surface area contributed by atoms with Crippen LogP contribution in [0.3, 0.4) is 0 Å². The van der Waals surface area contributed by atoms with Gasteiger partial charge in [0.1, 0.15) is 0 Å². The molecule has 0 bridgehead atoms. The fourth-order valence-corrected chi connectivity index (χ4v) is 2.65. The van der Waals surface area contributed by atoms with Crippen molar-refractivity contribution < 1.29 is 9.59 Å². The highest BCUT2D eigenvalue weighted by Crippen LogP contribution is 2.13. The molecule has 0 saturated heterocycles. The lowest BCUT2D eigenvalue weighted by Crippen LogP contribution is -2.23. The standard InChI is InChI=1S/C16H11N3O3S/c20-13(11-7-3-1-4-8-11)17-15-18-16(22)19(23-15)14(21)12-9-5-2-6-10-12/h1-10H,(H,17,18,20,22). The Morgan fingerprint density at radius 1 is 0.913 bits per heavy atom. The Morgan fingerprint density at radius 2 is 1.48 bits per heavy atom. The van der Waals surface area contributed by atoms with E-state index in [0.29, 0.717) is 11.1 Å². The summed E-state index contributed by atoms with van der Waals surface area (Å²) in [6.07, 6.45) is 0. The van der Waals surface area contributed by atoms with Gasteiger partial charge in [-0.15, -0.1) is 0 Å². The maximum Gasteiger partial charge on any atom is 0.367 e. The Bertz CT molecular complexity index is 901. The molecule has 114 valence electrons. The molecule has 1 N–H and O–H groups in total. The minimum absolute atomic E-state index is 0.0770. The van der Waals surface area contributed by atoms with E-state index >= 15 is 0 Å². The highest BCUT2D eigenvalue weighted by atomic mass is 32.1. The van der Waals surface area contributed by atoms with E-state index in [-0.39, 0.29) is 5.13 Å². The van der Waals surface area contributed by atoms with Crippen molar-refractivity contribution in [1.82, 2.24) is 8.94 Å². The number of aromatic nitrogens is 2. The van der Waals surface area contributed by atoms with Gasteiger partial charge in [0.25, 0.3) is 11.8 Å². The van der Waals surface area contributed by atoms with Gasteiger partial charge < -0.3 is 0 Å². The van der Waals surface area contributed by atoms with Crippen LogP contribution < -0.4 is 11.0 Å². The van der Waals surface area contributed by atoms with Gasteiger partial charge in [-0.25, -0.2) is 4.79 Å². The van der Waals surface area contributed by atoms with Crippen LogP contribution in [0.1, 0.15) is 20.7 Å². The van der Waals surface area contributed by atoms with Gasteiger partial charge >= 0.3 is 5.69 Å². The van der Waals surface area contributed by atoms with Crippen LogP contribution in [-0.2, 0) is 0 Å². The zero-order chi connectivity index (χ0) is 16.2. The first-order chi connectivity index (χ1) is 11.1. The zero-order valence-corrected chi connectivity index (χ0v) is 12.6. The molecular formula is C16H11N3O3S. The molecule has 0 unspecified atom stereocenters. The van der Waals surface area contributed by atoms with Crippen LogP contribution in [0, 0.1) is 0 Å². The molecule has 23 heavy (non-hydrogen) atoms. The second-order valence-electron chi connectivity index (χ2n) is 4.58. The third-order valence-corrected chi connectivity index (χ3v) is 3.88. The molecule has 0 spiro atoms. The fourth-order valence-electron chi connectivity index (χ4n) is 1.91. The predicted octanol–water partition coefficient (Wildman–Crippen LogP) is 2.25. The molecule has 0 aliphatic carbocycles. The molecule has 0 aliphatic rings. The number of amides is 1. The lowest BCUT2D eigenvalue weighted by atomic mass is 10.2. The van der Waals surface area contributed by atoms with E-state index in [0.717, 1.165) is 15.5 Å². The summed E-state index contributed by atoms with van der Waals surface area (Å²) in [6.45, 7) is 0. The SMILES string of the molecule is O=C(Nc1nc(=O)n(C(=O)c2ccccc2)s1)c1ccccc1. The van der Waals surface area contributed by atoms with E-state index in [9.17, 15) is 14.4 Å². The van der Waals surface area contributed by atoms with Gasteiger partial charge in [-0.1, -0.05) is 36.4 Å². The van der Waals surface area contributed by atoms with Gasteiger partial charge in [-0.2, -0.15) is 8.94 Å². The summed E-state index contributed by atoms with van der Waals surface area (Å²) in [5.41, 5.74) is 0.0995. The molecular weight excluding hydrogens is 314 g/mol. The molecule has 1 amide bonds. The summed E-state index contributed by atoms with van der Waals surface area (Å²) in [5, 5.41) is 2.60. The number of anilines is 1. The monoisotopic (exact) mass is 325 g/mol. The minimum atomic E-state index is -0.716.